The highest BCUT2D eigenvalue weighted by Gasteiger charge is 2.26. The smallest absolute Gasteiger partial charge is 0.232 e. The minimum Gasteiger partial charge on any atom is -0.389 e. The largest absolute Gasteiger partial charge is 0.389 e. The molecule has 1 N–H and O–H groups in total. The minimum atomic E-state index is -0.581. The van der Waals surface area contributed by atoms with Crippen LogP contribution in [0.4, 0.5) is 5.88 Å². The van der Waals surface area contributed by atoms with Crippen LogP contribution in [0.3, 0.4) is 0 Å². The zero-order valence-corrected chi connectivity index (χ0v) is 19.9. The van der Waals surface area contributed by atoms with Gasteiger partial charge in [-0.15, -0.1) is 0 Å². The van der Waals surface area contributed by atoms with Crippen molar-refractivity contribution in [3.05, 3.63) is 71.8 Å². The Morgan fingerprint density at radius 1 is 1.06 bits per heavy atom. The first-order chi connectivity index (χ1) is 16.7. The third-order valence-corrected chi connectivity index (χ3v) is 5.93. The van der Waals surface area contributed by atoms with Crippen LogP contribution >= 0.6 is 0 Å². The fourth-order valence-electron chi connectivity index (χ4n) is 4.29. The zero-order valence-electron chi connectivity index (χ0n) is 19.9. The van der Waals surface area contributed by atoms with Crippen molar-refractivity contribution in [2.45, 2.75) is 32.6 Å². The standard InChI is InChI=1S/C27H35N3O4/c1-2-13-29(18-24(31)21-33-20-22-9-5-3-6-10-22)19-25-26(23-11-7-4-8-12-23)28-34-27(25)30-14-16-32-17-15-30/h3-12,24,31H,2,13-21H2,1H3. The number of aromatic nitrogens is 1. The van der Waals surface area contributed by atoms with Gasteiger partial charge in [0.2, 0.25) is 5.88 Å². The van der Waals surface area contributed by atoms with Crippen molar-refractivity contribution in [1.82, 2.24) is 10.1 Å². The van der Waals surface area contributed by atoms with Crippen molar-refractivity contribution >= 4 is 5.88 Å². The van der Waals surface area contributed by atoms with Crippen molar-refractivity contribution in [3.63, 3.8) is 0 Å². The summed E-state index contributed by atoms with van der Waals surface area (Å²) in [6, 6.07) is 20.2. The lowest BCUT2D eigenvalue weighted by Crippen LogP contribution is -2.38. The summed E-state index contributed by atoms with van der Waals surface area (Å²) < 4.78 is 17.2. The van der Waals surface area contributed by atoms with E-state index in [-0.39, 0.29) is 0 Å². The Hall–Kier alpha value is -2.71. The summed E-state index contributed by atoms with van der Waals surface area (Å²) in [4.78, 5) is 4.47. The van der Waals surface area contributed by atoms with Gasteiger partial charge in [0.1, 0.15) is 5.69 Å². The number of hydrogen-bond donors (Lipinski definition) is 1. The number of benzene rings is 2. The van der Waals surface area contributed by atoms with Crippen LogP contribution in [0.2, 0.25) is 0 Å². The van der Waals surface area contributed by atoms with Crippen LogP contribution in [0.5, 0.6) is 0 Å². The molecule has 1 saturated heterocycles. The van der Waals surface area contributed by atoms with E-state index in [9.17, 15) is 5.11 Å². The van der Waals surface area contributed by atoms with Crippen LogP contribution < -0.4 is 4.90 Å². The Kier molecular flexibility index (Phi) is 9.10. The summed E-state index contributed by atoms with van der Waals surface area (Å²) in [5.41, 5.74) is 4.05. The topological polar surface area (TPSA) is 71.2 Å². The quantitative estimate of drug-likeness (QED) is 0.434. The Labute approximate surface area is 201 Å². The summed E-state index contributed by atoms with van der Waals surface area (Å²) in [6.07, 6.45) is 0.401. The summed E-state index contributed by atoms with van der Waals surface area (Å²) in [6.45, 7) is 7.87. The molecule has 1 aliphatic rings. The summed E-state index contributed by atoms with van der Waals surface area (Å²) in [5, 5.41) is 15.2. The number of aliphatic hydroxyl groups excluding tert-OH is 1. The predicted octanol–water partition coefficient (Wildman–Crippen LogP) is 3.97. The maximum absolute atomic E-state index is 10.7. The third kappa shape index (κ3) is 6.67. The molecule has 0 aliphatic carbocycles. The lowest BCUT2D eigenvalue weighted by Gasteiger charge is -2.29. The molecule has 1 atom stereocenters. The van der Waals surface area contributed by atoms with E-state index < -0.39 is 6.10 Å². The number of anilines is 1. The molecular weight excluding hydrogens is 430 g/mol. The van der Waals surface area contributed by atoms with E-state index in [0.717, 1.165) is 54.3 Å². The Bertz CT molecular complexity index is 974. The molecule has 7 nitrogen and oxygen atoms in total. The SMILES string of the molecule is CCCN(Cc1c(-c2ccccc2)noc1N1CCOCC1)CC(O)COCc1ccccc1. The number of hydrogen-bond acceptors (Lipinski definition) is 7. The first-order valence-corrected chi connectivity index (χ1v) is 12.1. The van der Waals surface area contributed by atoms with Gasteiger partial charge in [0, 0.05) is 31.7 Å². The number of morpholine rings is 1. The number of rotatable bonds is 12. The zero-order chi connectivity index (χ0) is 23.6. The van der Waals surface area contributed by atoms with Crippen LogP contribution in [0.25, 0.3) is 11.3 Å². The third-order valence-electron chi connectivity index (χ3n) is 5.93. The number of nitrogens with zero attached hydrogens (tertiary/aromatic N) is 3. The Balaban J connectivity index is 1.46. The molecule has 0 amide bonds. The number of aliphatic hydroxyl groups is 1. The van der Waals surface area contributed by atoms with Crippen molar-refractivity contribution < 1.29 is 19.1 Å². The van der Waals surface area contributed by atoms with E-state index in [1.165, 1.54) is 0 Å². The van der Waals surface area contributed by atoms with E-state index in [0.29, 0.717) is 39.5 Å². The molecule has 1 unspecified atom stereocenters. The summed E-state index contributed by atoms with van der Waals surface area (Å²) >= 11 is 0. The van der Waals surface area contributed by atoms with E-state index in [4.69, 9.17) is 14.0 Å². The van der Waals surface area contributed by atoms with Gasteiger partial charge in [-0.05, 0) is 18.5 Å². The molecular formula is C27H35N3O4. The maximum Gasteiger partial charge on any atom is 0.232 e. The highest BCUT2D eigenvalue weighted by molar-refractivity contribution is 5.68. The highest BCUT2D eigenvalue weighted by Crippen LogP contribution is 2.33. The highest BCUT2D eigenvalue weighted by atomic mass is 16.5. The second kappa shape index (κ2) is 12.7. The maximum atomic E-state index is 10.7. The minimum absolute atomic E-state index is 0.292. The van der Waals surface area contributed by atoms with Crippen LogP contribution in [-0.2, 0) is 22.6 Å². The molecule has 1 aliphatic heterocycles. The molecule has 2 aromatic carbocycles. The van der Waals surface area contributed by atoms with Crippen molar-refractivity contribution in [2.24, 2.45) is 0 Å². The van der Waals surface area contributed by atoms with Gasteiger partial charge in [-0.2, -0.15) is 0 Å². The molecule has 34 heavy (non-hydrogen) atoms. The number of ether oxygens (including phenoxy) is 2. The molecule has 0 spiro atoms. The van der Waals surface area contributed by atoms with Gasteiger partial charge in [-0.25, -0.2) is 0 Å². The Morgan fingerprint density at radius 3 is 2.47 bits per heavy atom. The van der Waals surface area contributed by atoms with Crippen LogP contribution in [0, 0.1) is 0 Å². The van der Waals surface area contributed by atoms with E-state index in [1.807, 2.05) is 48.5 Å². The van der Waals surface area contributed by atoms with Gasteiger partial charge in [-0.1, -0.05) is 72.7 Å². The molecule has 0 bridgehead atoms. The predicted molar refractivity (Wildman–Crippen MR) is 133 cm³/mol. The van der Waals surface area contributed by atoms with E-state index in [1.54, 1.807) is 0 Å². The van der Waals surface area contributed by atoms with Gasteiger partial charge in [0.15, 0.2) is 0 Å². The molecule has 1 fully saturated rings. The average molecular weight is 466 g/mol. The molecule has 7 heteroatoms. The van der Waals surface area contributed by atoms with Crippen LogP contribution in [-0.4, -0.2) is 67.3 Å². The normalized spacial score (nSPS) is 15.1. The fourth-order valence-corrected chi connectivity index (χ4v) is 4.29. The second-order valence-electron chi connectivity index (χ2n) is 8.67. The monoisotopic (exact) mass is 465 g/mol. The van der Waals surface area contributed by atoms with Gasteiger partial charge < -0.3 is 24.0 Å². The molecule has 0 saturated carbocycles. The van der Waals surface area contributed by atoms with Crippen LogP contribution in [0.1, 0.15) is 24.5 Å². The fraction of sp³-hybridized carbons (Fsp3) is 0.444. The Morgan fingerprint density at radius 2 is 1.76 bits per heavy atom. The van der Waals surface area contributed by atoms with Crippen molar-refractivity contribution in [3.8, 4) is 11.3 Å². The molecule has 2 heterocycles. The first-order valence-electron chi connectivity index (χ1n) is 12.1. The van der Waals surface area contributed by atoms with Gasteiger partial charge >= 0.3 is 0 Å². The molecule has 0 radical (unpaired) electrons. The molecule has 182 valence electrons. The summed E-state index contributed by atoms with van der Waals surface area (Å²) in [7, 11) is 0. The second-order valence-corrected chi connectivity index (χ2v) is 8.67. The van der Waals surface area contributed by atoms with Gasteiger partial charge in [0.25, 0.3) is 0 Å². The lowest BCUT2D eigenvalue weighted by molar-refractivity contribution is 0.00857. The van der Waals surface area contributed by atoms with E-state index >= 15 is 0 Å². The van der Waals surface area contributed by atoms with Crippen LogP contribution in [0.15, 0.2) is 65.2 Å². The van der Waals surface area contributed by atoms with Crippen molar-refractivity contribution in [1.29, 1.82) is 0 Å². The molecule has 3 aromatic rings. The lowest BCUT2D eigenvalue weighted by atomic mass is 10.1. The first kappa shape index (κ1) is 24.4. The van der Waals surface area contributed by atoms with Crippen molar-refractivity contribution in [2.75, 3.05) is 50.9 Å². The molecule has 4 rings (SSSR count). The molecule has 1 aromatic heterocycles. The van der Waals surface area contributed by atoms with E-state index in [2.05, 4.69) is 34.0 Å². The average Bonchev–Trinajstić information content (AvgIpc) is 3.29. The summed E-state index contributed by atoms with van der Waals surface area (Å²) in [5.74, 6) is 0.804. The van der Waals surface area contributed by atoms with Gasteiger partial charge in [-0.3, -0.25) is 4.90 Å². The van der Waals surface area contributed by atoms with Gasteiger partial charge in [0.05, 0.1) is 38.1 Å².